The lowest BCUT2D eigenvalue weighted by Gasteiger charge is -2.37. The van der Waals surface area contributed by atoms with Gasteiger partial charge in [-0.05, 0) is 12.2 Å². The van der Waals surface area contributed by atoms with Crippen LogP contribution in [-0.4, -0.2) is 28.0 Å². The van der Waals surface area contributed by atoms with Gasteiger partial charge < -0.3 is 9.94 Å². The SMILES string of the molecule is O[C@]1(C(F)(F)F)NN2C=CC=CC2=NO1. The van der Waals surface area contributed by atoms with Crippen LogP contribution in [0.5, 0.6) is 0 Å². The first-order valence-corrected chi connectivity index (χ1v) is 3.89. The van der Waals surface area contributed by atoms with E-state index in [0.29, 0.717) is 0 Å². The van der Waals surface area contributed by atoms with Crippen molar-refractivity contribution in [3.63, 3.8) is 0 Å². The second-order valence-corrected chi connectivity index (χ2v) is 2.86. The Morgan fingerprint density at radius 2 is 2.20 bits per heavy atom. The molecule has 2 N–H and O–H groups in total. The number of aliphatic hydroxyl groups is 1. The van der Waals surface area contributed by atoms with E-state index >= 15 is 0 Å². The molecule has 5 nitrogen and oxygen atoms in total. The molecule has 8 heteroatoms. The molecule has 1 atom stereocenters. The van der Waals surface area contributed by atoms with E-state index in [4.69, 9.17) is 5.11 Å². The van der Waals surface area contributed by atoms with Gasteiger partial charge in [0.2, 0.25) is 0 Å². The van der Waals surface area contributed by atoms with Crippen LogP contribution in [0.3, 0.4) is 0 Å². The third kappa shape index (κ3) is 1.57. The fourth-order valence-corrected chi connectivity index (χ4v) is 1.01. The Bertz CT molecular complexity index is 363. The predicted octanol–water partition coefficient (Wildman–Crippen LogP) is 0.429. The monoisotopic (exact) mass is 221 g/mol. The highest BCUT2D eigenvalue weighted by atomic mass is 19.4. The van der Waals surface area contributed by atoms with E-state index in [0.717, 1.165) is 5.01 Å². The number of hydrazine groups is 1. The lowest BCUT2D eigenvalue weighted by Crippen LogP contribution is -2.65. The van der Waals surface area contributed by atoms with Crippen molar-refractivity contribution < 1.29 is 23.1 Å². The summed E-state index contributed by atoms with van der Waals surface area (Å²) < 4.78 is 36.9. The van der Waals surface area contributed by atoms with Gasteiger partial charge in [-0.3, -0.25) is 5.01 Å². The molecule has 0 aromatic heterocycles. The minimum absolute atomic E-state index is 0.117. The molecule has 0 aromatic carbocycles. The summed E-state index contributed by atoms with van der Waals surface area (Å²) >= 11 is 0. The van der Waals surface area contributed by atoms with Gasteiger partial charge in [-0.2, -0.15) is 18.6 Å². The molecule has 0 aromatic rings. The van der Waals surface area contributed by atoms with Crippen molar-refractivity contribution in [2.45, 2.75) is 12.1 Å². The molecule has 0 fully saturated rings. The van der Waals surface area contributed by atoms with Crippen molar-refractivity contribution in [1.82, 2.24) is 10.4 Å². The summed E-state index contributed by atoms with van der Waals surface area (Å²) in [6.45, 7) is 0. The molecule has 15 heavy (non-hydrogen) atoms. The zero-order valence-electron chi connectivity index (χ0n) is 7.19. The van der Waals surface area contributed by atoms with E-state index in [2.05, 4.69) is 9.99 Å². The number of hydrogen-bond acceptors (Lipinski definition) is 5. The van der Waals surface area contributed by atoms with Crippen molar-refractivity contribution in [3.8, 4) is 0 Å². The standard InChI is InChI=1S/C7H6F3N3O2/c8-6(9,10)7(14)12-13-4-2-1-3-5(13)11-15-7/h1-4,12,14H/t7-/m0/s1. The third-order valence-corrected chi connectivity index (χ3v) is 1.77. The summed E-state index contributed by atoms with van der Waals surface area (Å²) in [5.41, 5.74) is 1.74. The van der Waals surface area contributed by atoms with E-state index in [1.165, 1.54) is 18.4 Å². The van der Waals surface area contributed by atoms with Gasteiger partial charge in [0, 0.05) is 6.20 Å². The van der Waals surface area contributed by atoms with Gasteiger partial charge >= 0.3 is 12.1 Å². The van der Waals surface area contributed by atoms with Gasteiger partial charge in [-0.1, -0.05) is 11.2 Å². The molecule has 0 aliphatic carbocycles. The van der Waals surface area contributed by atoms with Crippen LogP contribution in [0.2, 0.25) is 0 Å². The Hall–Kier alpha value is -1.54. The highest BCUT2D eigenvalue weighted by Gasteiger charge is 2.60. The van der Waals surface area contributed by atoms with Gasteiger partial charge in [0.15, 0.2) is 5.84 Å². The summed E-state index contributed by atoms with van der Waals surface area (Å²) in [6, 6.07) is 0. The maximum atomic E-state index is 12.3. The number of halogens is 3. The van der Waals surface area contributed by atoms with Gasteiger partial charge in [0.05, 0.1) is 0 Å². The lowest BCUT2D eigenvalue weighted by atomic mass is 10.3. The van der Waals surface area contributed by atoms with E-state index < -0.39 is 12.1 Å². The average Bonchev–Trinajstić information content (AvgIpc) is 2.16. The number of oxime groups is 1. The molecular weight excluding hydrogens is 215 g/mol. The fourth-order valence-electron chi connectivity index (χ4n) is 1.01. The van der Waals surface area contributed by atoms with E-state index in [9.17, 15) is 13.2 Å². The van der Waals surface area contributed by atoms with Crippen LogP contribution in [0.4, 0.5) is 13.2 Å². The van der Waals surface area contributed by atoms with Gasteiger partial charge in [-0.15, -0.1) is 0 Å². The summed E-state index contributed by atoms with van der Waals surface area (Å²) in [5, 5.41) is 13.1. The van der Waals surface area contributed by atoms with Gasteiger partial charge in [0.25, 0.3) is 0 Å². The number of hydrogen-bond donors (Lipinski definition) is 2. The highest BCUT2D eigenvalue weighted by Crippen LogP contribution is 2.31. The Labute approximate surface area is 82.1 Å². The number of fused-ring (bicyclic) bond motifs is 1. The summed E-state index contributed by atoms with van der Waals surface area (Å²) in [4.78, 5) is 3.98. The van der Waals surface area contributed by atoms with Gasteiger partial charge in [0.1, 0.15) is 0 Å². The van der Waals surface area contributed by atoms with Crippen LogP contribution >= 0.6 is 0 Å². The van der Waals surface area contributed by atoms with Crippen molar-refractivity contribution in [2.24, 2.45) is 5.16 Å². The van der Waals surface area contributed by atoms with Crippen molar-refractivity contribution in [2.75, 3.05) is 0 Å². The summed E-state index contributed by atoms with van der Waals surface area (Å²) in [5.74, 6) is -3.38. The number of rotatable bonds is 0. The molecule has 0 bridgehead atoms. The van der Waals surface area contributed by atoms with Crippen LogP contribution in [0.25, 0.3) is 0 Å². The first-order valence-electron chi connectivity index (χ1n) is 3.89. The molecule has 0 saturated carbocycles. The Morgan fingerprint density at radius 1 is 1.47 bits per heavy atom. The van der Waals surface area contributed by atoms with Crippen LogP contribution < -0.4 is 5.43 Å². The largest absolute Gasteiger partial charge is 0.476 e. The fraction of sp³-hybridized carbons (Fsp3) is 0.286. The number of alkyl halides is 3. The average molecular weight is 221 g/mol. The minimum Gasteiger partial charge on any atom is -0.334 e. The van der Waals surface area contributed by atoms with E-state index in [1.54, 1.807) is 11.5 Å². The van der Waals surface area contributed by atoms with Crippen molar-refractivity contribution in [3.05, 3.63) is 24.4 Å². The zero-order valence-corrected chi connectivity index (χ0v) is 7.19. The molecule has 2 aliphatic heterocycles. The van der Waals surface area contributed by atoms with Crippen LogP contribution in [0, 0.1) is 0 Å². The molecule has 2 aliphatic rings. The summed E-state index contributed by atoms with van der Waals surface area (Å²) in [7, 11) is 0. The van der Waals surface area contributed by atoms with Crippen LogP contribution in [0.15, 0.2) is 29.6 Å². The molecule has 0 radical (unpaired) electrons. The lowest BCUT2D eigenvalue weighted by molar-refractivity contribution is -0.395. The quantitative estimate of drug-likeness (QED) is 0.622. The highest BCUT2D eigenvalue weighted by molar-refractivity contribution is 5.94. The zero-order chi connectivity index (χ0) is 11.1. The molecule has 2 heterocycles. The minimum atomic E-state index is -4.99. The molecule has 2 rings (SSSR count). The maximum absolute atomic E-state index is 12.3. The summed E-state index contributed by atoms with van der Waals surface area (Å²) in [6.07, 6.45) is 0.754. The second-order valence-electron chi connectivity index (χ2n) is 2.86. The topological polar surface area (TPSA) is 57.1 Å². The second kappa shape index (κ2) is 2.97. The first-order chi connectivity index (χ1) is 6.92. The molecule has 0 spiro atoms. The van der Waals surface area contributed by atoms with E-state index in [1.807, 2.05) is 0 Å². The smallest absolute Gasteiger partial charge is 0.334 e. The Balaban J connectivity index is 2.27. The molecule has 82 valence electrons. The number of amidine groups is 1. The van der Waals surface area contributed by atoms with Crippen LogP contribution in [-0.2, 0) is 4.84 Å². The molecule has 0 unspecified atom stereocenters. The van der Waals surface area contributed by atoms with Crippen molar-refractivity contribution >= 4 is 5.84 Å². The third-order valence-electron chi connectivity index (χ3n) is 1.77. The predicted molar refractivity (Wildman–Crippen MR) is 42.8 cm³/mol. The maximum Gasteiger partial charge on any atom is 0.476 e. The van der Waals surface area contributed by atoms with Crippen molar-refractivity contribution in [1.29, 1.82) is 0 Å². The van der Waals surface area contributed by atoms with Crippen LogP contribution in [0.1, 0.15) is 0 Å². The number of nitrogens with one attached hydrogen (secondary N) is 1. The molecule has 0 amide bonds. The Morgan fingerprint density at radius 3 is 2.87 bits per heavy atom. The first kappa shape index (κ1) is 9.99. The number of nitrogens with zero attached hydrogens (tertiary/aromatic N) is 2. The Kier molecular flexibility index (Phi) is 1.98. The normalized spacial score (nSPS) is 29.6. The molecular formula is C7H6F3N3O2. The molecule has 0 saturated heterocycles. The van der Waals surface area contributed by atoms with Gasteiger partial charge in [-0.25, -0.2) is 0 Å². The number of allylic oxidation sites excluding steroid dienone is 2. The van der Waals surface area contributed by atoms with E-state index in [-0.39, 0.29) is 5.84 Å².